The van der Waals surface area contributed by atoms with Gasteiger partial charge in [-0.05, 0) is 48.9 Å². The molecule has 1 aromatic carbocycles. The molecule has 2 aromatic heterocycles. The van der Waals surface area contributed by atoms with E-state index in [9.17, 15) is 13.6 Å². The first-order valence-corrected chi connectivity index (χ1v) is 8.08. The second-order valence-electron chi connectivity index (χ2n) is 5.59. The number of benzene rings is 1. The number of hydrazine groups is 1. The lowest BCUT2D eigenvalue weighted by Gasteiger charge is -2.09. The van der Waals surface area contributed by atoms with Crippen molar-refractivity contribution in [2.45, 2.75) is 19.9 Å². The SMILES string of the molecule is CCCn1nc(-c2ccc(F)cc2)cc1C(=O)NNc1ccc(F)nc1. The van der Waals surface area contributed by atoms with Crippen molar-refractivity contribution in [3.05, 3.63) is 66.1 Å². The molecule has 0 fully saturated rings. The second kappa shape index (κ2) is 7.73. The van der Waals surface area contributed by atoms with Gasteiger partial charge in [0.15, 0.2) is 0 Å². The molecule has 134 valence electrons. The molecule has 0 atom stereocenters. The van der Waals surface area contributed by atoms with Crippen LogP contribution in [0, 0.1) is 11.8 Å². The first-order chi connectivity index (χ1) is 12.6. The lowest BCUT2D eigenvalue weighted by molar-refractivity contribution is 0.0951. The molecule has 0 bridgehead atoms. The molecular weight excluding hydrogens is 340 g/mol. The number of nitrogens with zero attached hydrogens (tertiary/aromatic N) is 3. The van der Waals surface area contributed by atoms with Gasteiger partial charge in [-0.2, -0.15) is 9.49 Å². The first-order valence-electron chi connectivity index (χ1n) is 8.08. The van der Waals surface area contributed by atoms with Crippen molar-refractivity contribution in [1.29, 1.82) is 0 Å². The number of nitrogens with one attached hydrogen (secondary N) is 2. The average Bonchev–Trinajstić information content (AvgIpc) is 3.06. The Labute approximate surface area is 148 Å². The van der Waals surface area contributed by atoms with Gasteiger partial charge in [-0.3, -0.25) is 20.3 Å². The molecule has 0 radical (unpaired) electrons. The number of rotatable bonds is 6. The van der Waals surface area contributed by atoms with E-state index in [1.165, 1.54) is 30.5 Å². The van der Waals surface area contributed by atoms with Crippen LogP contribution in [0.25, 0.3) is 11.3 Å². The third-order valence-corrected chi connectivity index (χ3v) is 3.64. The smallest absolute Gasteiger partial charge is 0.287 e. The fourth-order valence-corrected chi connectivity index (χ4v) is 2.39. The molecule has 0 saturated heterocycles. The van der Waals surface area contributed by atoms with E-state index in [-0.39, 0.29) is 5.82 Å². The highest BCUT2D eigenvalue weighted by Crippen LogP contribution is 2.20. The lowest BCUT2D eigenvalue weighted by atomic mass is 10.1. The number of halogens is 2. The summed E-state index contributed by atoms with van der Waals surface area (Å²) in [7, 11) is 0. The fraction of sp³-hybridized carbons (Fsp3) is 0.167. The number of hydrogen-bond donors (Lipinski definition) is 2. The minimum atomic E-state index is -0.605. The summed E-state index contributed by atoms with van der Waals surface area (Å²) in [5, 5.41) is 4.43. The van der Waals surface area contributed by atoms with Gasteiger partial charge in [-0.15, -0.1) is 0 Å². The van der Waals surface area contributed by atoms with E-state index in [2.05, 4.69) is 20.9 Å². The summed E-state index contributed by atoms with van der Waals surface area (Å²) in [4.78, 5) is 16.0. The predicted molar refractivity (Wildman–Crippen MR) is 93.2 cm³/mol. The molecule has 0 aliphatic heterocycles. The molecule has 0 saturated carbocycles. The van der Waals surface area contributed by atoms with E-state index < -0.39 is 11.9 Å². The van der Waals surface area contributed by atoms with Crippen molar-refractivity contribution in [1.82, 2.24) is 20.2 Å². The Morgan fingerprint density at radius 2 is 1.92 bits per heavy atom. The maximum atomic E-state index is 13.1. The fourth-order valence-electron chi connectivity index (χ4n) is 2.39. The maximum Gasteiger partial charge on any atom is 0.287 e. The standard InChI is InChI=1S/C18H17F2N5O/c1-2-9-25-16(10-15(24-25)12-3-5-13(19)6-4-12)18(26)23-22-14-7-8-17(20)21-11-14/h3-8,10-11,22H,2,9H2,1H3,(H,23,26). The number of anilines is 1. The minimum Gasteiger partial charge on any atom is -0.297 e. The number of carbonyl (C=O) groups excluding carboxylic acids is 1. The molecule has 0 aliphatic rings. The maximum absolute atomic E-state index is 13.1. The number of aryl methyl sites for hydroxylation is 1. The Bertz CT molecular complexity index is 891. The summed E-state index contributed by atoms with van der Waals surface area (Å²) in [6, 6.07) is 10.2. The van der Waals surface area contributed by atoms with Gasteiger partial charge >= 0.3 is 0 Å². The largest absolute Gasteiger partial charge is 0.297 e. The van der Waals surface area contributed by atoms with Crippen molar-refractivity contribution in [2.75, 3.05) is 5.43 Å². The average molecular weight is 357 g/mol. The van der Waals surface area contributed by atoms with Crippen LogP contribution in [0.3, 0.4) is 0 Å². The zero-order valence-corrected chi connectivity index (χ0v) is 14.0. The molecule has 3 rings (SSSR count). The van der Waals surface area contributed by atoms with Crippen LogP contribution in [0.15, 0.2) is 48.7 Å². The van der Waals surface area contributed by atoms with Crippen LogP contribution in [-0.2, 0) is 6.54 Å². The van der Waals surface area contributed by atoms with Gasteiger partial charge in [-0.1, -0.05) is 6.92 Å². The number of carbonyl (C=O) groups is 1. The highest BCUT2D eigenvalue weighted by atomic mass is 19.1. The number of hydrogen-bond acceptors (Lipinski definition) is 4. The van der Waals surface area contributed by atoms with Gasteiger partial charge in [0.05, 0.1) is 17.6 Å². The van der Waals surface area contributed by atoms with Crippen molar-refractivity contribution in [3.63, 3.8) is 0 Å². The molecule has 2 N–H and O–H groups in total. The first kappa shape index (κ1) is 17.5. The predicted octanol–water partition coefficient (Wildman–Crippen LogP) is 3.39. The Hall–Kier alpha value is -3.29. The summed E-state index contributed by atoms with van der Waals surface area (Å²) < 4.78 is 27.5. The zero-order valence-electron chi connectivity index (χ0n) is 14.0. The van der Waals surface area contributed by atoms with Crippen LogP contribution >= 0.6 is 0 Å². The van der Waals surface area contributed by atoms with Gasteiger partial charge in [-0.25, -0.2) is 9.37 Å². The molecule has 6 nitrogen and oxygen atoms in total. The summed E-state index contributed by atoms with van der Waals surface area (Å²) in [6.45, 7) is 2.53. The van der Waals surface area contributed by atoms with Gasteiger partial charge < -0.3 is 0 Å². The van der Waals surface area contributed by atoms with Gasteiger partial charge in [0.25, 0.3) is 5.91 Å². The molecule has 0 unspecified atom stereocenters. The van der Waals surface area contributed by atoms with E-state index in [0.717, 1.165) is 6.42 Å². The van der Waals surface area contributed by atoms with Crippen LogP contribution in [0.5, 0.6) is 0 Å². The van der Waals surface area contributed by atoms with E-state index in [4.69, 9.17) is 0 Å². The molecule has 3 aromatic rings. The summed E-state index contributed by atoms with van der Waals surface area (Å²) >= 11 is 0. The molecular formula is C18H17F2N5O. The topological polar surface area (TPSA) is 71.8 Å². The number of amides is 1. The van der Waals surface area contributed by atoms with E-state index >= 15 is 0 Å². The third kappa shape index (κ3) is 4.02. The summed E-state index contributed by atoms with van der Waals surface area (Å²) in [5.41, 5.74) is 7.30. The molecule has 1 amide bonds. The van der Waals surface area contributed by atoms with Crippen molar-refractivity contribution >= 4 is 11.6 Å². The highest BCUT2D eigenvalue weighted by Gasteiger charge is 2.16. The minimum absolute atomic E-state index is 0.336. The molecule has 26 heavy (non-hydrogen) atoms. The summed E-state index contributed by atoms with van der Waals surface area (Å²) in [5.74, 6) is -1.34. The summed E-state index contributed by atoms with van der Waals surface area (Å²) in [6.07, 6.45) is 2.06. The quantitative estimate of drug-likeness (QED) is 0.524. The van der Waals surface area contributed by atoms with Crippen LogP contribution < -0.4 is 10.9 Å². The van der Waals surface area contributed by atoms with Crippen molar-refractivity contribution in [3.8, 4) is 11.3 Å². The second-order valence-corrected chi connectivity index (χ2v) is 5.59. The van der Waals surface area contributed by atoms with Gasteiger partial charge in [0, 0.05) is 12.1 Å². The van der Waals surface area contributed by atoms with Gasteiger partial charge in [0.1, 0.15) is 11.5 Å². The Kier molecular flexibility index (Phi) is 5.21. The lowest BCUT2D eigenvalue weighted by Crippen LogP contribution is -2.31. The highest BCUT2D eigenvalue weighted by molar-refractivity contribution is 5.94. The van der Waals surface area contributed by atoms with Gasteiger partial charge in [0.2, 0.25) is 5.95 Å². The Morgan fingerprint density at radius 3 is 2.58 bits per heavy atom. The Balaban J connectivity index is 1.79. The molecule has 0 spiro atoms. The molecule has 8 heteroatoms. The van der Waals surface area contributed by atoms with E-state index in [1.807, 2.05) is 6.92 Å². The number of aromatic nitrogens is 3. The van der Waals surface area contributed by atoms with Crippen molar-refractivity contribution < 1.29 is 13.6 Å². The Morgan fingerprint density at radius 1 is 1.15 bits per heavy atom. The normalized spacial score (nSPS) is 10.6. The van der Waals surface area contributed by atoms with Crippen LogP contribution in [0.1, 0.15) is 23.8 Å². The third-order valence-electron chi connectivity index (χ3n) is 3.64. The van der Waals surface area contributed by atoms with Crippen LogP contribution in [0.4, 0.5) is 14.5 Å². The monoisotopic (exact) mass is 357 g/mol. The molecule has 0 aliphatic carbocycles. The zero-order chi connectivity index (χ0) is 18.5. The van der Waals surface area contributed by atoms with Crippen LogP contribution in [-0.4, -0.2) is 20.7 Å². The van der Waals surface area contributed by atoms with E-state index in [0.29, 0.717) is 29.2 Å². The van der Waals surface area contributed by atoms with Crippen LogP contribution in [0.2, 0.25) is 0 Å². The van der Waals surface area contributed by atoms with Crippen molar-refractivity contribution in [2.24, 2.45) is 0 Å². The molecule has 2 heterocycles. The van der Waals surface area contributed by atoms with E-state index in [1.54, 1.807) is 22.9 Å². The number of pyridine rings is 1.